The number of aromatic nitrogens is 3. The summed E-state index contributed by atoms with van der Waals surface area (Å²) < 4.78 is 26.3. The van der Waals surface area contributed by atoms with Crippen molar-refractivity contribution in [1.29, 1.82) is 0 Å². The fraction of sp³-hybridized carbons (Fsp3) is 0.174. The summed E-state index contributed by atoms with van der Waals surface area (Å²) in [6, 6.07) is 13.7. The van der Waals surface area contributed by atoms with Gasteiger partial charge in [-0.1, -0.05) is 18.2 Å². The van der Waals surface area contributed by atoms with E-state index < -0.39 is 0 Å². The Balaban J connectivity index is 1.50. The summed E-state index contributed by atoms with van der Waals surface area (Å²) in [7, 11) is 3.16. The molecule has 1 amide bonds. The van der Waals surface area contributed by atoms with Gasteiger partial charge in [0.15, 0.2) is 17.1 Å². The molecule has 158 valence electrons. The number of nitrogens with zero attached hydrogens (tertiary/aromatic N) is 3. The fourth-order valence-corrected chi connectivity index (χ4v) is 3.38. The second-order valence-corrected chi connectivity index (χ2v) is 6.80. The predicted octanol–water partition coefficient (Wildman–Crippen LogP) is 3.53. The van der Waals surface area contributed by atoms with Gasteiger partial charge in [-0.25, -0.2) is 13.9 Å². The summed E-state index contributed by atoms with van der Waals surface area (Å²) >= 11 is 0. The molecule has 2 heterocycles. The summed E-state index contributed by atoms with van der Waals surface area (Å²) in [5, 5.41) is 7.15. The minimum atomic E-state index is -0.369. The summed E-state index contributed by atoms with van der Waals surface area (Å²) in [6.45, 7) is 0.415. The zero-order valence-electron chi connectivity index (χ0n) is 17.1. The smallest absolute Gasteiger partial charge is 0.256 e. The second-order valence-electron chi connectivity index (χ2n) is 6.80. The number of hydrogen-bond donors (Lipinski definition) is 1. The van der Waals surface area contributed by atoms with Crippen molar-refractivity contribution in [1.82, 2.24) is 19.9 Å². The lowest BCUT2D eigenvalue weighted by Crippen LogP contribution is -2.25. The molecule has 0 saturated heterocycles. The topological polar surface area (TPSA) is 77.8 Å². The minimum Gasteiger partial charge on any atom is -0.493 e. The average molecular weight is 420 g/mol. The van der Waals surface area contributed by atoms with E-state index in [1.165, 1.54) is 16.8 Å². The first-order valence-corrected chi connectivity index (χ1v) is 9.69. The number of fused-ring (bicyclic) bond motifs is 1. The molecule has 0 aliphatic rings. The molecule has 7 nitrogen and oxygen atoms in total. The van der Waals surface area contributed by atoms with E-state index in [2.05, 4.69) is 15.4 Å². The lowest BCUT2D eigenvalue weighted by Gasteiger charge is -2.10. The number of rotatable bonds is 7. The summed E-state index contributed by atoms with van der Waals surface area (Å²) in [5.74, 6) is 0.622. The average Bonchev–Trinajstić information content (AvgIpc) is 3.24. The van der Waals surface area contributed by atoms with Crippen LogP contribution in [-0.4, -0.2) is 41.3 Å². The molecule has 0 spiro atoms. The summed E-state index contributed by atoms with van der Waals surface area (Å²) in [4.78, 5) is 17.0. The van der Waals surface area contributed by atoms with Crippen LogP contribution in [0.3, 0.4) is 0 Å². The van der Waals surface area contributed by atoms with Crippen molar-refractivity contribution in [2.24, 2.45) is 0 Å². The Kier molecular flexibility index (Phi) is 5.79. The van der Waals surface area contributed by atoms with Gasteiger partial charge in [-0.15, -0.1) is 0 Å². The minimum absolute atomic E-state index is 0.298. The van der Waals surface area contributed by atoms with E-state index in [0.29, 0.717) is 46.9 Å². The van der Waals surface area contributed by atoms with Crippen LogP contribution in [0.4, 0.5) is 4.39 Å². The number of hydrogen-bond acceptors (Lipinski definition) is 5. The van der Waals surface area contributed by atoms with Crippen molar-refractivity contribution in [3.05, 3.63) is 77.9 Å². The first-order valence-electron chi connectivity index (χ1n) is 9.69. The number of amides is 1. The van der Waals surface area contributed by atoms with Gasteiger partial charge in [0.1, 0.15) is 11.4 Å². The molecule has 0 fully saturated rings. The largest absolute Gasteiger partial charge is 0.493 e. The Labute approximate surface area is 178 Å². The molecule has 0 aliphatic carbocycles. The molecule has 4 rings (SSSR count). The Bertz CT molecular complexity index is 1240. The highest BCUT2D eigenvalue weighted by Crippen LogP contribution is 2.27. The molecule has 1 N–H and O–H groups in total. The van der Waals surface area contributed by atoms with Crippen molar-refractivity contribution in [2.75, 3.05) is 20.8 Å². The van der Waals surface area contributed by atoms with E-state index in [-0.39, 0.29) is 11.7 Å². The first kappa shape index (κ1) is 20.3. The lowest BCUT2D eigenvalue weighted by molar-refractivity contribution is 0.0955. The molecule has 2 aromatic heterocycles. The van der Waals surface area contributed by atoms with Crippen LogP contribution in [0.25, 0.3) is 16.9 Å². The van der Waals surface area contributed by atoms with Crippen LogP contribution in [-0.2, 0) is 6.42 Å². The third-order valence-electron chi connectivity index (χ3n) is 4.94. The van der Waals surface area contributed by atoms with Crippen LogP contribution in [0.1, 0.15) is 15.9 Å². The van der Waals surface area contributed by atoms with Crippen molar-refractivity contribution < 1.29 is 18.7 Å². The van der Waals surface area contributed by atoms with Gasteiger partial charge in [0.2, 0.25) is 0 Å². The van der Waals surface area contributed by atoms with Crippen molar-refractivity contribution in [2.45, 2.75) is 6.42 Å². The molecule has 0 aliphatic heterocycles. The number of nitrogens with one attached hydrogen (secondary N) is 1. The van der Waals surface area contributed by atoms with Crippen LogP contribution in [0.5, 0.6) is 11.5 Å². The van der Waals surface area contributed by atoms with Crippen LogP contribution >= 0.6 is 0 Å². The fourth-order valence-electron chi connectivity index (χ4n) is 3.38. The molecule has 2 aromatic carbocycles. The van der Waals surface area contributed by atoms with Crippen molar-refractivity contribution in [3.63, 3.8) is 0 Å². The Morgan fingerprint density at radius 1 is 1.10 bits per heavy atom. The molecule has 4 aromatic rings. The van der Waals surface area contributed by atoms with Crippen LogP contribution in [0, 0.1) is 5.82 Å². The molecule has 0 radical (unpaired) electrons. The molecule has 0 atom stereocenters. The maximum Gasteiger partial charge on any atom is 0.256 e. The molecule has 31 heavy (non-hydrogen) atoms. The molecular weight excluding hydrogens is 399 g/mol. The first-order chi connectivity index (χ1) is 15.1. The van der Waals surface area contributed by atoms with E-state index in [0.717, 1.165) is 5.56 Å². The van der Waals surface area contributed by atoms with Gasteiger partial charge in [0, 0.05) is 18.3 Å². The SMILES string of the molecule is COc1ccc(CCNC(=O)c2cnn3c(-c4ccccc4F)ccnc23)cc1OC. The van der Waals surface area contributed by atoms with Crippen LogP contribution in [0.2, 0.25) is 0 Å². The van der Waals surface area contributed by atoms with E-state index in [4.69, 9.17) is 9.47 Å². The highest BCUT2D eigenvalue weighted by Gasteiger charge is 2.17. The number of carbonyl (C=O) groups is 1. The maximum absolute atomic E-state index is 14.2. The zero-order chi connectivity index (χ0) is 21.8. The molecular formula is C23H21FN4O3. The third-order valence-corrected chi connectivity index (χ3v) is 4.94. The van der Waals surface area contributed by atoms with Gasteiger partial charge < -0.3 is 14.8 Å². The number of carbonyl (C=O) groups excluding carboxylic acids is 1. The van der Waals surface area contributed by atoms with Gasteiger partial charge in [0.25, 0.3) is 5.91 Å². The molecule has 8 heteroatoms. The predicted molar refractivity (Wildman–Crippen MR) is 114 cm³/mol. The second kappa shape index (κ2) is 8.83. The quantitative estimate of drug-likeness (QED) is 0.495. The van der Waals surface area contributed by atoms with Crippen LogP contribution < -0.4 is 14.8 Å². The van der Waals surface area contributed by atoms with Crippen LogP contribution in [0.15, 0.2) is 60.9 Å². The van der Waals surface area contributed by atoms with E-state index >= 15 is 0 Å². The van der Waals surface area contributed by atoms with Crippen molar-refractivity contribution in [3.8, 4) is 22.8 Å². The maximum atomic E-state index is 14.2. The Morgan fingerprint density at radius 2 is 1.90 bits per heavy atom. The number of benzene rings is 2. The molecule has 0 saturated carbocycles. The third kappa shape index (κ3) is 4.05. The van der Waals surface area contributed by atoms with Gasteiger partial charge in [-0.05, 0) is 42.3 Å². The van der Waals surface area contributed by atoms with E-state index in [1.54, 1.807) is 44.7 Å². The number of halogens is 1. The normalized spacial score (nSPS) is 10.8. The highest BCUT2D eigenvalue weighted by molar-refractivity contribution is 5.99. The molecule has 0 unspecified atom stereocenters. The lowest BCUT2D eigenvalue weighted by atomic mass is 10.1. The van der Waals surface area contributed by atoms with Gasteiger partial charge in [-0.3, -0.25) is 4.79 Å². The van der Waals surface area contributed by atoms with E-state index in [9.17, 15) is 9.18 Å². The standard InChI is InChI=1S/C23H21FN4O3/c1-30-20-8-7-15(13-21(20)31-2)9-11-26-23(29)17-14-27-28-19(10-12-25-22(17)28)16-5-3-4-6-18(16)24/h3-8,10,12-14H,9,11H2,1-2H3,(H,26,29). The van der Waals surface area contributed by atoms with Gasteiger partial charge >= 0.3 is 0 Å². The zero-order valence-corrected chi connectivity index (χ0v) is 17.1. The highest BCUT2D eigenvalue weighted by atomic mass is 19.1. The summed E-state index contributed by atoms with van der Waals surface area (Å²) in [6.07, 6.45) is 3.59. The van der Waals surface area contributed by atoms with Crippen molar-refractivity contribution >= 4 is 11.6 Å². The number of ether oxygens (including phenoxy) is 2. The van der Waals surface area contributed by atoms with Gasteiger partial charge in [0.05, 0.1) is 26.1 Å². The van der Waals surface area contributed by atoms with Gasteiger partial charge in [-0.2, -0.15) is 5.10 Å². The van der Waals surface area contributed by atoms with E-state index in [1.807, 2.05) is 18.2 Å². The summed E-state index contributed by atoms with van der Waals surface area (Å²) in [5.41, 5.74) is 2.60. The number of methoxy groups -OCH3 is 2. The Hall–Kier alpha value is -3.94. The molecule has 0 bridgehead atoms. The monoisotopic (exact) mass is 420 g/mol. The Morgan fingerprint density at radius 3 is 2.68 bits per heavy atom.